The Morgan fingerprint density at radius 3 is 2.75 bits per heavy atom. The second kappa shape index (κ2) is 6.32. The van der Waals surface area contributed by atoms with Crippen LogP contribution in [-0.4, -0.2) is 27.5 Å². The van der Waals surface area contributed by atoms with Crippen molar-refractivity contribution in [1.82, 2.24) is 14.5 Å². The van der Waals surface area contributed by atoms with Crippen molar-refractivity contribution in [2.75, 3.05) is 13.1 Å². The largest absolute Gasteiger partial charge is 0.295 e. The molecule has 0 bridgehead atoms. The number of hydrogen-bond donors (Lipinski definition) is 0. The number of nitrogens with zero attached hydrogens (tertiary/aromatic N) is 3. The molecule has 0 N–H and O–H groups in total. The standard InChI is InChI=1S/C20H27N3O/c1-14(2)12-22-11-5-8-18(22)19-21-17-7-4-3-6-16(17)20(24)23(19)13-15-9-10-15/h3-4,6-7,14-15,18H,5,8-13H2,1-2H3. The van der Waals surface area contributed by atoms with Crippen LogP contribution in [0.4, 0.5) is 0 Å². The maximum atomic E-state index is 13.1. The van der Waals surface area contributed by atoms with Crippen LogP contribution in [0.2, 0.25) is 0 Å². The van der Waals surface area contributed by atoms with Gasteiger partial charge in [0.15, 0.2) is 0 Å². The van der Waals surface area contributed by atoms with Gasteiger partial charge in [0, 0.05) is 13.1 Å². The molecule has 4 heteroatoms. The smallest absolute Gasteiger partial charge is 0.261 e. The zero-order valence-corrected chi connectivity index (χ0v) is 14.7. The predicted octanol–water partition coefficient (Wildman–Crippen LogP) is 3.60. The van der Waals surface area contributed by atoms with Crippen LogP contribution in [-0.2, 0) is 6.54 Å². The highest BCUT2D eigenvalue weighted by molar-refractivity contribution is 5.77. The van der Waals surface area contributed by atoms with Crippen LogP contribution in [0.3, 0.4) is 0 Å². The first-order chi connectivity index (χ1) is 11.6. The van der Waals surface area contributed by atoms with Crippen molar-refractivity contribution < 1.29 is 0 Å². The van der Waals surface area contributed by atoms with E-state index in [1.807, 2.05) is 28.8 Å². The second-order valence-electron chi connectivity index (χ2n) is 7.89. The van der Waals surface area contributed by atoms with Gasteiger partial charge in [-0.2, -0.15) is 0 Å². The fourth-order valence-electron chi connectivity index (χ4n) is 3.98. The molecule has 0 amide bonds. The van der Waals surface area contributed by atoms with Crippen LogP contribution in [0.5, 0.6) is 0 Å². The highest BCUT2D eigenvalue weighted by Gasteiger charge is 2.32. The quantitative estimate of drug-likeness (QED) is 0.843. The summed E-state index contributed by atoms with van der Waals surface area (Å²) in [4.78, 5) is 20.6. The number of fused-ring (bicyclic) bond motifs is 1. The Kier molecular flexibility index (Phi) is 4.17. The van der Waals surface area contributed by atoms with Gasteiger partial charge >= 0.3 is 0 Å². The first-order valence-corrected chi connectivity index (χ1v) is 9.37. The fourth-order valence-corrected chi connectivity index (χ4v) is 3.98. The van der Waals surface area contributed by atoms with Gasteiger partial charge in [-0.25, -0.2) is 4.98 Å². The van der Waals surface area contributed by atoms with E-state index in [-0.39, 0.29) is 5.56 Å². The summed E-state index contributed by atoms with van der Waals surface area (Å²) in [6.45, 7) is 7.57. The van der Waals surface area contributed by atoms with E-state index in [1.165, 1.54) is 19.3 Å². The lowest BCUT2D eigenvalue weighted by molar-refractivity contribution is 0.215. The van der Waals surface area contributed by atoms with E-state index in [0.29, 0.717) is 17.9 Å². The van der Waals surface area contributed by atoms with E-state index >= 15 is 0 Å². The van der Waals surface area contributed by atoms with Gasteiger partial charge in [-0.3, -0.25) is 14.3 Å². The summed E-state index contributed by atoms with van der Waals surface area (Å²) < 4.78 is 2.00. The van der Waals surface area contributed by atoms with Crippen molar-refractivity contribution in [2.45, 2.75) is 52.1 Å². The van der Waals surface area contributed by atoms with Gasteiger partial charge in [0.1, 0.15) is 5.82 Å². The van der Waals surface area contributed by atoms with E-state index < -0.39 is 0 Å². The number of hydrogen-bond acceptors (Lipinski definition) is 3. The zero-order chi connectivity index (χ0) is 16.7. The molecule has 1 saturated heterocycles. The van der Waals surface area contributed by atoms with E-state index in [4.69, 9.17) is 4.98 Å². The highest BCUT2D eigenvalue weighted by atomic mass is 16.1. The lowest BCUT2D eigenvalue weighted by Crippen LogP contribution is -2.34. The average molecular weight is 325 g/mol. The van der Waals surface area contributed by atoms with Gasteiger partial charge in [-0.05, 0) is 56.2 Å². The molecule has 1 saturated carbocycles. The third kappa shape index (κ3) is 3.00. The molecule has 2 aromatic rings. The van der Waals surface area contributed by atoms with E-state index in [1.54, 1.807) is 0 Å². The van der Waals surface area contributed by atoms with Crippen LogP contribution in [0.25, 0.3) is 10.9 Å². The molecule has 1 aliphatic carbocycles. The number of rotatable bonds is 5. The van der Waals surface area contributed by atoms with Crippen molar-refractivity contribution in [3.05, 3.63) is 40.4 Å². The van der Waals surface area contributed by atoms with Crippen molar-refractivity contribution in [2.24, 2.45) is 11.8 Å². The summed E-state index contributed by atoms with van der Waals surface area (Å²) in [5.41, 5.74) is 1.000. The molecule has 1 aromatic carbocycles. The summed E-state index contributed by atoms with van der Waals surface area (Å²) in [7, 11) is 0. The summed E-state index contributed by atoms with van der Waals surface area (Å²) in [5, 5.41) is 0.760. The maximum Gasteiger partial charge on any atom is 0.261 e. The molecular weight excluding hydrogens is 298 g/mol. The second-order valence-corrected chi connectivity index (χ2v) is 7.89. The molecule has 1 aromatic heterocycles. The minimum Gasteiger partial charge on any atom is -0.295 e. The Balaban J connectivity index is 1.81. The molecule has 2 fully saturated rings. The van der Waals surface area contributed by atoms with Gasteiger partial charge in [0.25, 0.3) is 5.56 Å². The first kappa shape index (κ1) is 15.8. The van der Waals surface area contributed by atoms with Gasteiger partial charge < -0.3 is 0 Å². The normalized spacial score (nSPS) is 21.9. The number of para-hydroxylation sites is 1. The van der Waals surface area contributed by atoms with Crippen molar-refractivity contribution in [3.8, 4) is 0 Å². The Labute approximate surface area is 143 Å². The molecule has 0 radical (unpaired) electrons. The summed E-state index contributed by atoms with van der Waals surface area (Å²) in [6.07, 6.45) is 4.81. The van der Waals surface area contributed by atoms with Crippen molar-refractivity contribution >= 4 is 10.9 Å². The van der Waals surface area contributed by atoms with E-state index in [2.05, 4.69) is 18.7 Å². The average Bonchev–Trinajstić information content (AvgIpc) is 3.27. The third-order valence-electron chi connectivity index (χ3n) is 5.29. The topological polar surface area (TPSA) is 38.1 Å². The lowest BCUT2D eigenvalue weighted by atomic mass is 10.1. The van der Waals surface area contributed by atoms with Gasteiger partial charge in [0.05, 0.1) is 16.9 Å². The van der Waals surface area contributed by atoms with Crippen LogP contribution >= 0.6 is 0 Å². The fraction of sp³-hybridized carbons (Fsp3) is 0.600. The van der Waals surface area contributed by atoms with Crippen LogP contribution in [0.1, 0.15) is 51.4 Å². The van der Waals surface area contributed by atoms with E-state index in [9.17, 15) is 4.79 Å². The zero-order valence-electron chi connectivity index (χ0n) is 14.7. The lowest BCUT2D eigenvalue weighted by Gasteiger charge is -2.28. The van der Waals surface area contributed by atoms with Crippen LogP contribution in [0, 0.1) is 11.8 Å². The molecule has 4 rings (SSSR count). The summed E-state index contributed by atoms with van der Waals surface area (Å²) in [5.74, 6) is 2.31. The minimum atomic E-state index is 0.152. The monoisotopic (exact) mass is 325 g/mol. The SMILES string of the molecule is CC(C)CN1CCCC1c1nc2ccccc2c(=O)n1CC1CC1. The Hall–Kier alpha value is -1.68. The highest BCUT2D eigenvalue weighted by Crippen LogP contribution is 2.35. The predicted molar refractivity (Wildman–Crippen MR) is 97.1 cm³/mol. The molecular formula is C20H27N3O. The molecule has 1 atom stereocenters. The summed E-state index contributed by atoms with van der Waals surface area (Å²) in [6, 6.07) is 8.10. The molecule has 1 aliphatic heterocycles. The molecule has 24 heavy (non-hydrogen) atoms. The van der Waals surface area contributed by atoms with Gasteiger partial charge in [-0.1, -0.05) is 26.0 Å². The van der Waals surface area contributed by atoms with Crippen molar-refractivity contribution in [3.63, 3.8) is 0 Å². The molecule has 1 unspecified atom stereocenters. The third-order valence-corrected chi connectivity index (χ3v) is 5.29. The molecule has 4 nitrogen and oxygen atoms in total. The van der Waals surface area contributed by atoms with Crippen LogP contribution in [0.15, 0.2) is 29.1 Å². The van der Waals surface area contributed by atoms with E-state index in [0.717, 1.165) is 42.8 Å². The molecule has 2 heterocycles. The number of aromatic nitrogens is 2. The maximum absolute atomic E-state index is 13.1. The molecule has 2 aliphatic rings. The Bertz CT molecular complexity index is 791. The van der Waals surface area contributed by atoms with Gasteiger partial charge in [-0.15, -0.1) is 0 Å². The Morgan fingerprint density at radius 2 is 2.00 bits per heavy atom. The van der Waals surface area contributed by atoms with Crippen molar-refractivity contribution in [1.29, 1.82) is 0 Å². The Morgan fingerprint density at radius 1 is 1.21 bits per heavy atom. The minimum absolute atomic E-state index is 0.152. The van der Waals surface area contributed by atoms with Crippen LogP contribution < -0.4 is 5.56 Å². The first-order valence-electron chi connectivity index (χ1n) is 9.37. The number of likely N-dealkylation sites (tertiary alicyclic amines) is 1. The summed E-state index contributed by atoms with van der Waals surface area (Å²) >= 11 is 0. The molecule has 0 spiro atoms. The van der Waals surface area contributed by atoms with Gasteiger partial charge in [0.2, 0.25) is 0 Å². The molecule has 128 valence electrons. The number of benzene rings is 1.